The van der Waals surface area contributed by atoms with Gasteiger partial charge in [0, 0.05) is 30.4 Å². The number of nitrogens with one attached hydrogen (secondary N) is 2. The number of hydrogen-bond acceptors (Lipinski definition) is 3. The van der Waals surface area contributed by atoms with Crippen LogP contribution in [0.3, 0.4) is 0 Å². The summed E-state index contributed by atoms with van der Waals surface area (Å²) in [5, 5.41) is 6.47. The van der Waals surface area contributed by atoms with Gasteiger partial charge in [0.15, 0.2) is 0 Å². The Hall–Kier alpha value is -1.55. The molecule has 1 heterocycles. The Morgan fingerprint density at radius 1 is 1.38 bits per heavy atom. The van der Waals surface area contributed by atoms with E-state index in [1.54, 1.807) is 0 Å². The van der Waals surface area contributed by atoms with E-state index in [2.05, 4.69) is 36.3 Å². The van der Waals surface area contributed by atoms with Gasteiger partial charge >= 0.3 is 0 Å². The first-order valence-corrected chi connectivity index (χ1v) is 8.04. The molecule has 0 bridgehead atoms. The molecule has 0 radical (unpaired) electrons. The Labute approximate surface area is 127 Å². The molecule has 0 saturated carbocycles. The molecular formula is C17H27N3O. The highest BCUT2D eigenvalue weighted by molar-refractivity contribution is 5.95. The molecule has 0 fully saturated rings. The molecule has 1 aliphatic rings. The molecule has 0 aliphatic carbocycles. The van der Waals surface area contributed by atoms with Crippen LogP contribution in [0.4, 0.5) is 5.69 Å². The summed E-state index contributed by atoms with van der Waals surface area (Å²) in [5.41, 5.74) is 3.20. The van der Waals surface area contributed by atoms with Gasteiger partial charge in [-0.2, -0.15) is 0 Å². The molecule has 1 aliphatic heterocycles. The summed E-state index contributed by atoms with van der Waals surface area (Å²) in [6.07, 6.45) is 2.19. The van der Waals surface area contributed by atoms with Gasteiger partial charge in [0.2, 0.25) is 0 Å². The largest absolute Gasteiger partial charge is 0.385 e. The predicted molar refractivity (Wildman–Crippen MR) is 88.0 cm³/mol. The normalized spacial score (nSPS) is 15.2. The maximum absolute atomic E-state index is 12.3. The fourth-order valence-corrected chi connectivity index (χ4v) is 2.84. The fourth-order valence-electron chi connectivity index (χ4n) is 2.84. The predicted octanol–water partition coefficient (Wildman–Crippen LogP) is 2.50. The molecule has 0 aromatic heterocycles. The summed E-state index contributed by atoms with van der Waals surface area (Å²) in [7, 11) is 0. The lowest BCUT2D eigenvalue weighted by Crippen LogP contribution is -2.42. The topological polar surface area (TPSA) is 44.4 Å². The first-order valence-electron chi connectivity index (χ1n) is 8.04. The number of hydrogen-bond donors (Lipinski definition) is 2. The van der Waals surface area contributed by atoms with Crippen molar-refractivity contribution >= 4 is 11.6 Å². The van der Waals surface area contributed by atoms with E-state index in [4.69, 9.17) is 0 Å². The number of benzene rings is 1. The number of rotatable bonds is 6. The Morgan fingerprint density at radius 2 is 2.14 bits per heavy atom. The summed E-state index contributed by atoms with van der Waals surface area (Å²) in [5.74, 6) is 0.0306. The molecule has 1 unspecified atom stereocenters. The summed E-state index contributed by atoms with van der Waals surface area (Å²) in [4.78, 5) is 14.7. The quantitative estimate of drug-likeness (QED) is 0.846. The Bertz CT molecular complexity index is 483. The summed E-state index contributed by atoms with van der Waals surface area (Å²) < 4.78 is 0. The van der Waals surface area contributed by atoms with Gasteiger partial charge in [0.05, 0.1) is 0 Å². The van der Waals surface area contributed by atoms with Crippen LogP contribution in [0.25, 0.3) is 0 Å². The van der Waals surface area contributed by atoms with Crippen LogP contribution in [0.5, 0.6) is 0 Å². The third-order valence-corrected chi connectivity index (χ3v) is 4.11. The molecule has 0 saturated heterocycles. The molecule has 2 N–H and O–H groups in total. The second-order valence-corrected chi connectivity index (χ2v) is 5.76. The molecule has 116 valence electrons. The van der Waals surface area contributed by atoms with Crippen LogP contribution in [0.15, 0.2) is 18.2 Å². The molecular weight excluding hydrogens is 262 g/mol. The second-order valence-electron chi connectivity index (χ2n) is 5.76. The van der Waals surface area contributed by atoms with Crippen molar-refractivity contribution in [2.24, 2.45) is 0 Å². The minimum atomic E-state index is 0.0306. The number of carbonyl (C=O) groups excluding carboxylic acids is 1. The molecule has 1 aromatic rings. The van der Waals surface area contributed by atoms with Crippen LogP contribution in [-0.2, 0) is 6.42 Å². The van der Waals surface area contributed by atoms with Gasteiger partial charge < -0.3 is 15.5 Å². The van der Waals surface area contributed by atoms with E-state index in [0.29, 0.717) is 0 Å². The van der Waals surface area contributed by atoms with Crippen molar-refractivity contribution in [3.8, 4) is 0 Å². The minimum Gasteiger partial charge on any atom is -0.385 e. The lowest BCUT2D eigenvalue weighted by Gasteiger charge is -2.24. The number of nitrogens with zero attached hydrogens (tertiary/aromatic N) is 1. The molecule has 4 nitrogen and oxygen atoms in total. The van der Waals surface area contributed by atoms with Crippen molar-refractivity contribution in [2.75, 3.05) is 31.5 Å². The van der Waals surface area contributed by atoms with Gasteiger partial charge in [-0.3, -0.25) is 4.79 Å². The van der Waals surface area contributed by atoms with E-state index in [1.165, 1.54) is 11.3 Å². The van der Waals surface area contributed by atoms with Crippen LogP contribution in [-0.4, -0.2) is 43.0 Å². The van der Waals surface area contributed by atoms with Gasteiger partial charge in [-0.05, 0) is 56.6 Å². The van der Waals surface area contributed by atoms with Crippen molar-refractivity contribution in [2.45, 2.75) is 39.7 Å². The summed E-state index contributed by atoms with van der Waals surface area (Å²) in [6.45, 7) is 10.3. The average Bonchev–Trinajstić information content (AvgIpc) is 2.52. The van der Waals surface area contributed by atoms with E-state index in [0.717, 1.165) is 44.6 Å². The van der Waals surface area contributed by atoms with Gasteiger partial charge in [-0.25, -0.2) is 0 Å². The average molecular weight is 289 g/mol. The maximum Gasteiger partial charge on any atom is 0.251 e. The maximum atomic E-state index is 12.3. The summed E-state index contributed by atoms with van der Waals surface area (Å²) in [6, 6.07) is 6.13. The zero-order valence-electron chi connectivity index (χ0n) is 13.4. The lowest BCUT2D eigenvalue weighted by molar-refractivity contribution is 0.0930. The first kappa shape index (κ1) is 15.8. The minimum absolute atomic E-state index is 0.0306. The standard InChI is InChI=1S/C17H27N3O/c1-4-20(5-2)12-13(3)19-17(21)15-8-9-16-14(11-15)7-6-10-18-16/h8-9,11,13,18H,4-7,10,12H2,1-3H3,(H,19,21). The first-order chi connectivity index (χ1) is 10.1. The smallest absolute Gasteiger partial charge is 0.251 e. The van der Waals surface area contributed by atoms with Crippen molar-refractivity contribution in [1.29, 1.82) is 0 Å². The Balaban J connectivity index is 1.96. The number of carbonyl (C=O) groups is 1. The third kappa shape index (κ3) is 4.21. The lowest BCUT2D eigenvalue weighted by atomic mass is 10.0. The van der Waals surface area contributed by atoms with Crippen molar-refractivity contribution in [1.82, 2.24) is 10.2 Å². The Morgan fingerprint density at radius 3 is 2.86 bits per heavy atom. The Kier molecular flexibility index (Phi) is 5.62. The van der Waals surface area contributed by atoms with Crippen molar-refractivity contribution in [3.63, 3.8) is 0 Å². The number of aryl methyl sites for hydroxylation is 1. The molecule has 1 aromatic carbocycles. The molecule has 4 heteroatoms. The van der Waals surface area contributed by atoms with Crippen LogP contribution in [0.1, 0.15) is 43.1 Å². The SMILES string of the molecule is CCN(CC)CC(C)NC(=O)c1ccc2c(c1)CCCN2. The highest BCUT2D eigenvalue weighted by atomic mass is 16.1. The van der Waals surface area contributed by atoms with Crippen LogP contribution < -0.4 is 10.6 Å². The highest BCUT2D eigenvalue weighted by Crippen LogP contribution is 2.22. The highest BCUT2D eigenvalue weighted by Gasteiger charge is 2.15. The van der Waals surface area contributed by atoms with Gasteiger partial charge in [0.1, 0.15) is 0 Å². The molecule has 0 spiro atoms. The van der Waals surface area contributed by atoms with Gasteiger partial charge in [-0.1, -0.05) is 13.8 Å². The fraction of sp³-hybridized carbons (Fsp3) is 0.588. The van der Waals surface area contributed by atoms with Crippen LogP contribution >= 0.6 is 0 Å². The van der Waals surface area contributed by atoms with Gasteiger partial charge in [0.25, 0.3) is 5.91 Å². The third-order valence-electron chi connectivity index (χ3n) is 4.11. The van der Waals surface area contributed by atoms with E-state index in [1.807, 2.05) is 18.2 Å². The molecule has 2 rings (SSSR count). The monoisotopic (exact) mass is 289 g/mol. The van der Waals surface area contributed by atoms with E-state index >= 15 is 0 Å². The van der Waals surface area contributed by atoms with Gasteiger partial charge in [-0.15, -0.1) is 0 Å². The molecule has 1 amide bonds. The van der Waals surface area contributed by atoms with E-state index in [-0.39, 0.29) is 11.9 Å². The van der Waals surface area contributed by atoms with Crippen LogP contribution in [0, 0.1) is 0 Å². The van der Waals surface area contributed by atoms with Crippen molar-refractivity contribution in [3.05, 3.63) is 29.3 Å². The van der Waals surface area contributed by atoms with Crippen LogP contribution in [0.2, 0.25) is 0 Å². The number of anilines is 1. The molecule has 21 heavy (non-hydrogen) atoms. The zero-order valence-corrected chi connectivity index (χ0v) is 13.4. The summed E-state index contributed by atoms with van der Waals surface area (Å²) >= 11 is 0. The van der Waals surface area contributed by atoms with E-state index in [9.17, 15) is 4.79 Å². The molecule has 1 atom stereocenters. The van der Waals surface area contributed by atoms with E-state index < -0.39 is 0 Å². The number of amides is 1. The number of likely N-dealkylation sites (N-methyl/N-ethyl adjacent to an activating group) is 1. The zero-order chi connectivity index (χ0) is 15.2. The second kappa shape index (κ2) is 7.46. The number of fused-ring (bicyclic) bond motifs is 1. The van der Waals surface area contributed by atoms with Crippen molar-refractivity contribution < 1.29 is 4.79 Å².